The summed E-state index contributed by atoms with van der Waals surface area (Å²) < 4.78 is 4.93. The molecule has 4 nitrogen and oxygen atoms in total. The van der Waals surface area contributed by atoms with Crippen molar-refractivity contribution in [1.82, 2.24) is 9.88 Å². The van der Waals surface area contributed by atoms with E-state index in [0.717, 1.165) is 5.56 Å². The van der Waals surface area contributed by atoms with Gasteiger partial charge in [-0.3, -0.25) is 14.7 Å². The van der Waals surface area contributed by atoms with Crippen molar-refractivity contribution < 1.29 is 9.53 Å². The fourth-order valence-electron chi connectivity index (χ4n) is 1.50. The molecule has 0 bridgehead atoms. The fourth-order valence-corrected chi connectivity index (χ4v) is 1.50. The van der Waals surface area contributed by atoms with Crippen molar-refractivity contribution in [3.63, 3.8) is 0 Å². The van der Waals surface area contributed by atoms with E-state index in [1.807, 2.05) is 17.0 Å². The minimum atomic E-state index is -0.205. The first-order valence-electron chi connectivity index (χ1n) is 5.64. The van der Waals surface area contributed by atoms with Gasteiger partial charge in [0, 0.05) is 25.5 Å². The number of rotatable bonds is 7. The van der Waals surface area contributed by atoms with Gasteiger partial charge in [-0.25, -0.2) is 0 Å². The van der Waals surface area contributed by atoms with Crippen LogP contribution < -0.4 is 0 Å². The zero-order chi connectivity index (χ0) is 12.5. The van der Waals surface area contributed by atoms with Crippen LogP contribution in [0.25, 0.3) is 0 Å². The van der Waals surface area contributed by atoms with Gasteiger partial charge in [-0.15, -0.1) is 6.58 Å². The van der Waals surface area contributed by atoms with Gasteiger partial charge in [-0.1, -0.05) is 6.08 Å². The van der Waals surface area contributed by atoms with Crippen molar-refractivity contribution >= 4 is 5.97 Å². The summed E-state index contributed by atoms with van der Waals surface area (Å²) in [6, 6.07) is 3.86. The number of hydrogen-bond acceptors (Lipinski definition) is 4. The summed E-state index contributed by atoms with van der Waals surface area (Å²) in [5.41, 5.74) is 1.12. The monoisotopic (exact) mass is 234 g/mol. The molecule has 4 heteroatoms. The molecule has 0 unspecified atom stereocenters. The van der Waals surface area contributed by atoms with Gasteiger partial charge in [-0.05, 0) is 24.6 Å². The number of ether oxygens (including phenoxy) is 1. The number of aromatic nitrogens is 1. The van der Waals surface area contributed by atoms with Crippen LogP contribution in [0.4, 0.5) is 0 Å². The van der Waals surface area contributed by atoms with Gasteiger partial charge in [0.25, 0.3) is 0 Å². The molecule has 0 atom stereocenters. The Morgan fingerprint density at radius 1 is 1.53 bits per heavy atom. The summed E-state index contributed by atoms with van der Waals surface area (Å²) in [5.74, 6) is -0.205. The van der Waals surface area contributed by atoms with E-state index >= 15 is 0 Å². The number of carbonyl (C=O) groups excluding carboxylic acids is 1. The van der Waals surface area contributed by atoms with E-state index in [4.69, 9.17) is 4.74 Å². The molecule has 17 heavy (non-hydrogen) atoms. The molecule has 1 heterocycles. The lowest BCUT2D eigenvalue weighted by Gasteiger charge is -2.19. The van der Waals surface area contributed by atoms with Gasteiger partial charge < -0.3 is 4.74 Å². The summed E-state index contributed by atoms with van der Waals surface area (Å²) in [4.78, 5) is 17.3. The predicted molar refractivity (Wildman–Crippen MR) is 66.3 cm³/mol. The third-order valence-corrected chi connectivity index (χ3v) is 2.20. The molecule has 0 radical (unpaired) electrons. The summed E-state index contributed by atoms with van der Waals surface area (Å²) in [6.07, 6.45) is 5.26. The molecule has 1 aromatic rings. The van der Waals surface area contributed by atoms with Crippen LogP contribution in [0.15, 0.2) is 37.2 Å². The molecule has 0 N–H and O–H groups in total. The normalized spacial score (nSPS) is 10.2. The Morgan fingerprint density at radius 2 is 2.24 bits per heavy atom. The highest BCUT2D eigenvalue weighted by Gasteiger charge is 2.10. The van der Waals surface area contributed by atoms with E-state index in [2.05, 4.69) is 11.6 Å². The topological polar surface area (TPSA) is 42.4 Å². The fraction of sp³-hybridized carbons (Fsp3) is 0.385. The lowest BCUT2D eigenvalue weighted by atomic mass is 10.2. The van der Waals surface area contributed by atoms with Gasteiger partial charge in [0.15, 0.2) is 0 Å². The molecule has 0 saturated carbocycles. The van der Waals surface area contributed by atoms with Gasteiger partial charge >= 0.3 is 5.97 Å². The number of esters is 1. The molecule has 0 fully saturated rings. The summed E-state index contributed by atoms with van der Waals surface area (Å²) in [7, 11) is 0. The lowest BCUT2D eigenvalue weighted by molar-refractivity contribution is -0.144. The highest BCUT2D eigenvalue weighted by Crippen LogP contribution is 2.03. The second-order valence-corrected chi connectivity index (χ2v) is 3.62. The van der Waals surface area contributed by atoms with Gasteiger partial charge in [0.2, 0.25) is 0 Å². The van der Waals surface area contributed by atoms with Gasteiger partial charge in [-0.2, -0.15) is 0 Å². The Hall–Kier alpha value is -1.68. The average molecular weight is 234 g/mol. The minimum absolute atomic E-state index is 0.205. The summed E-state index contributed by atoms with van der Waals surface area (Å²) >= 11 is 0. The molecule has 1 rings (SSSR count). The SMILES string of the molecule is C=CCN(CC(=O)OCC)Cc1ccncc1. The Balaban J connectivity index is 2.54. The third-order valence-electron chi connectivity index (χ3n) is 2.20. The van der Waals surface area contributed by atoms with E-state index in [1.54, 1.807) is 25.4 Å². The zero-order valence-electron chi connectivity index (χ0n) is 10.1. The minimum Gasteiger partial charge on any atom is -0.465 e. The van der Waals surface area contributed by atoms with Crippen molar-refractivity contribution in [1.29, 1.82) is 0 Å². The highest BCUT2D eigenvalue weighted by molar-refractivity contribution is 5.71. The smallest absolute Gasteiger partial charge is 0.320 e. The molecule has 0 amide bonds. The van der Waals surface area contributed by atoms with Crippen LogP contribution in [0.2, 0.25) is 0 Å². The number of nitrogens with zero attached hydrogens (tertiary/aromatic N) is 2. The van der Waals surface area contributed by atoms with Crippen molar-refractivity contribution in [2.24, 2.45) is 0 Å². The molecule has 0 aliphatic carbocycles. The Labute approximate surface area is 102 Å². The molecule has 92 valence electrons. The maximum Gasteiger partial charge on any atom is 0.320 e. The van der Waals surface area contributed by atoms with Crippen molar-refractivity contribution in [3.8, 4) is 0 Å². The van der Waals surface area contributed by atoms with Crippen LogP contribution in [0.1, 0.15) is 12.5 Å². The first-order valence-corrected chi connectivity index (χ1v) is 5.64. The van der Waals surface area contributed by atoms with Crippen LogP contribution in [0, 0.1) is 0 Å². The Morgan fingerprint density at radius 3 is 2.82 bits per heavy atom. The Bertz CT molecular complexity index is 352. The molecular weight excluding hydrogens is 216 g/mol. The van der Waals surface area contributed by atoms with Crippen molar-refractivity contribution in [3.05, 3.63) is 42.7 Å². The van der Waals surface area contributed by atoms with Crippen LogP contribution in [0.5, 0.6) is 0 Å². The average Bonchev–Trinajstić information content (AvgIpc) is 2.31. The first kappa shape index (κ1) is 13.4. The maximum absolute atomic E-state index is 11.4. The second kappa shape index (κ2) is 7.57. The number of carbonyl (C=O) groups is 1. The van der Waals surface area contributed by atoms with Gasteiger partial charge in [0.1, 0.15) is 0 Å². The zero-order valence-corrected chi connectivity index (χ0v) is 10.1. The largest absolute Gasteiger partial charge is 0.465 e. The van der Waals surface area contributed by atoms with E-state index in [1.165, 1.54) is 0 Å². The Kier molecular flexibility index (Phi) is 5.96. The van der Waals surface area contributed by atoms with Crippen molar-refractivity contribution in [2.45, 2.75) is 13.5 Å². The van der Waals surface area contributed by atoms with E-state index in [9.17, 15) is 4.79 Å². The molecule has 0 aliphatic rings. The standard InChI is InChI=1S/C13H18N2O2/c1-3-9-15(11-13(16)17-4-2)10-12-5-7-14-8-6-12/h3,5-8H,1,4,9-11H2,2H3. The van der Waals surface area contributed by atoms with Crippen LogP contribution in [0.3, 0.4) is 0 Å². The van der Waals surface area contributed by atoms with Crippen LogP contribution in [-0.2, 0) is 16.1 Å². The third kappa shape index (κ3) is 5.26. The molecule has 0 aliphatic heterocycles. The molecule has 1 aromatic heterocycles. The van der Waals surface area contributed by atoms with E-state index in [-0.39, 0.29) is 12.5 Å². The lowest BCUT2D eigenvalue weighted by Crippen LogP contribution is -2.30. The van der Waals surface area contributed by atoms with Gasteiger partial charge in [0.05, 0.1) is 13.2 Å². The van der Waals surface area contributed by atoms with Crippen LogP contribution >= 0.6 is 0 Å². The van der Waals surface area contributed by atoms with Crippen molar-refractivity contribution in [2.75, 3.05) is 19.7 Å². The molecular formula is C13H18N2O2. The molecule has 0 spiro atoms. The molecule has 0 aromatic carbocycles. The number of pyridine rings is 1. The quantitative estimate of drug-likeness (QED) is 0.531. The highest BCUT2D eigenvalue weighted by atomic mass is 16.5. The first-order chi connectivity index (χ1) is 8.26. The van der Waals surface area contributed by atoms with Crippen LogP contribution in [-0.4, -0.2) is 35.5 Å². The molecule has 0 saturated heterocycles. The number of hydrogen-bond donors (Lipinski definition) is 0. The predicted octanol–water partition coefficient (Wildman–Crippen LogP) is 1.63. The summed E-state index contributed by atoms with van der Waals surface area (Å²) in [5, 5.41) is 0. The van der Waals surface area contributed by atoms with E-state index < -0.39 is 0 Å². The summed E-state index contributed by atoms with van der Waals surface area (Å²) in [6.45, 7) is 7.53. The van der Waals surface area contributed by atoms with E-state index in [0.29, 0.717) is 19.7 Å². The second-order valence-electron chi connectivity index (χ2n) is 3.62. The maximum atomic E-state index is 11.4.